The zero-order valence-electron chi connectivity index (χ0n) is 17.8. The number of rotatable bonds is 11. The fourth-order valence-electron chi connectivity index (χ4n) is 2.85. The van der Waals surface area contributed by atoms with Gasteiger partial charge in [-0.2, -0.15) is 0 Å². The molecule has 1 amide bonds. The molecule has 162 valence electrons. The first-order chi connectivity index (χ1) is 15.2. The molecular formula is C25H27NO5. The number of hydrogen-bond acceptors (Lipinski definition) is 5. The van der Waals surface area contributed by atoms with Crippen molar-refractivity contribution in [1.82, 2.24) is 0 Å². The van der Waals surface area contributed by atoms with Crippen LogP contribution in [0.3, 0.4) is 0 Å². The monoisotopic (exact) mass is 421 g/mol. The number of anilines is 1. The van der Waals surface area contributed by atoms with E-state index in [1.54, 1.807) is 24.3 Å². The molecule has 0 fully saturated rings. The van der Waals surface area contributed by atoms with E-state index in [0.29, 0.717) is 42.8 Å². The minimum Gasteiger partial charge on any atom is -0.494 e. The van der Waals surface area contributed by atoms with Crippen molar-refractivity contribution in [1.29, 1.82) is 0 Å². The van der Waals surface area contributed by atoms with Gasteiger partial charge >= 0.3 is 0 Å². The molecule has 1 N–H and O–H groups in total. The predicted octanol–water partition coefficient (Wildman–Crippen LogP) is 5.08. The third-order valence-electron chi connectivity index (χ3n) is 4.28. The van der Waals surface area contributed by atoms with E-state index in [4.69, 9.17) is 18.9 Å². The maximum absolute atomic E-state index is 12.4. The molecule has 6 heteroatoms. The highest BCUT2D eigenvalue weighted by molar-refractivity contribution is 5.93. The molecule has 0 unspecified atom stereocenters. The van der Waals surface area contributed by atoms with Crippen LogP contribution in [0, 0.1) is 0 Å². The van der Waals surface area contributed by atoms with Crippen LogP contribution in [-0.4, -0.2) is 25.7 Å². The third kappa shape index (κ3) is 6.96. The Hall–Kier alpha value is -3.67. The maximum atomic E-state index is 12.4. The van der Waals surface area contributed by atoms with Crippen LogP contribution >= 0.6 is 0 Å². The fourth-order valence-corrected chi connectivity index (χ4v) is 2.85. The lowest BCUT2D eigenvalue weighted by atomic mass is 10.2. The van der Waals surface area contributed by atoms with Crippen molar-refractivity contribution in [2.45, 2.75) is 20.5 Å². The van der Waals surface area contributed by atoms with Gasteiger partial charge in [0.25, 0.3) is 5.91 Å². The SMILES string of the molecule is CCOc1ccc(OCC)c(NC(=O)COc2ccc(OCc3ccccc3)cc2)c1. The van der Waals surface area contributed by atoms with Gasteiger partial charge in [0, 0.05) is 6.07 Å². The largest absolute Gasteiger partial charge is 0.494 e. The maximum Gasteiger partial charge on any atom is 0.262 e. The van der Waals surface area contributed by atoms with E-state index >= 15 is 0 Å². The number of hydrogen-bond donors (Lipinski definition) is 1. The van der Waals surface area contributed by atoms with Gasteiger partial charge in [-0.25, -0.2) is 0 Å². The van der Waals surface area contributed by atoms with E-state index in [1.807, 2.05) is 62.4 Å². The van der Waals surface area contributed by atoms with E-state index in [0.717, 1.165) is 11.3 Å². The zero-order chi connectivity index (χ0) is 21.9. The van der Waals surface area contributed by atoms with Crippen molar-refractivity contribution in [3.8, 4) is 23.0 Å². The second-order valence-corrected chi connectivity index (χ2v) is 6.61. The summed E-state index contributed by atoms with van der Waals surface area (Å²) in [5, 5.41) is 2.82. The number of amides is 1. The summed E-state index contributed by atoms with van der Waals surface area (Å²) >= 11 is 0. The molecule has 3 aromatic carbocycles. The van der Waals surface area contributed by atoms with Gasteiger partial charge in [0.15, 0.2) is 6.61 Å². The summed E-state index contributed by atoms with van der Waals surface area (Å²) in [7, 11) is 0. The summed E-state index contributed by atoms with van der Waals surface area (Å²) in [6.45, 7) is 5.18. The third-order valence-corrected chi connectivity index (χ3v) is 4.28. The Morgan fingerprint density at radius 2 is 1.39 bits per heavy atom. The lowest BCUT2D eigenvalue weighted by Gasteiger charge is -2.14. The van der Waals surface area contributed by atoms with Crippen molar-refractivity contribution in [3.63, 3.8) is 0 Å². The van der Waals surface area contributed by atoms with Gasteiger partial charge in [-0.15, -0.1) is 0 Å². The Balaban J connectivity index is 1.51. The van der Waals surface area contributed by atoms with Gasteiger partial charge in [-0.1, -0.05) is 30.3 Å². The van der Waals surface area contributed by atoms with Crippen LogP contribution in [-0.2, 0) is 11.4 Å². The standard InChI is InChI=1S/C25H27NO5/c1-3-28-22-14-15-24(29-4-2)23(16-22)26-25(27)18-31-21-12-10-20(11-13-21)30-17-19-8-6-5-7-9-19/h5-16H,3-4,17-18H2,1-2H3,(H,26,27). The lowest BCUT2D eigenvalue weighted by molar-refractivity contribution is -0.118. The van der Waals surface area contributed by atoms with Crippen molar-refractivity contribution >= 4 is 11.6 Å². The van der Waals surface area contributed by atoms with Crippen molar-refractivity contribution in [3.05, 3.63) is 78.4 Å². The van der Waals surface area contributed by atoms with Crippen molar-refractivity contribution in [2.24, 2.45) is 0 Å². The van der Waals surface area contributed by atoms with E-state index in [-0.39, 0.29) is 12.5 Å². The topological polar surface area (TPSA) is 66.0 Å². The van der Waals surface area contributed by atoms with Gasteiger partial charge in [0.2, 0.25) is 0 Å². The molecule has 31 heavy (non-hydrogen) atoms. The van der Waals surface area contributed by atoms with Crippen LogP contribution in [0.2, 0.25) is 0 Å². The van der Waals surface area contributed by atoms with E-state index in [1.165, 1.54) is 0 Å². The molecule has 0 atom stereocenters. The number of carbonyl (C=O) groups is 1. The Bertz CT molecular complexity index is 957. The fraction of sp³-hybridized carbons (Fsp3) is 0.240. The lowest BCUT2D eigenvalue weighted by Crippen LogP contribution is -2.20. The first-order valence-corrected chi connectivity index (χ1v) is 10.3. The average Bonchev–Trinajstić information content (AvgIpc) is 2.80. The molecule has 0 heterocycles. The summed E-state index contributed by atoms with van der Waals surface area (Å²) in [6.07, 6.45) is 0. The predicted molar refractivity (Wildman–Crippen MR) is 120 cm³/mol. The second kappa shape index (κ2) is 11.5. The highest BCUT2D eigenvalue weighted by atomic mass is 16.5. The normalized spacial score (nSPS) is 10.3. The molecule has 0 saturated carbocycles. The minimum absolute atomic E-state index is 0.130. The molecule has 0 saturated heterocycles. The number of benzene rings is 3. The number of nitrogens with one attached hydrogen (secondary N) is 1. The van der Waals surface area contributed by atoms with Crippen LogP contribution < -0.4 is 24.3 Å². The first-order valence-electron chi connectivity index (χ1n) is 10.3. The minimum atomic E-state index is -0.293. The van der Waals surface area contributed by atoms with Crippen molar-refractivity contribution < 1.29 is 23.7 Å². The van der Waals surface area contributed by atoms with Gasteiger partial charge in [-0.05, 0) is 55.8 Å². The summed E-state index contributed by atoms with van der Waals surface area (Å²) in [5.41, 5.74) is 1.64. The van der Waals surface area contributed by atoms with E-state index in [2.05, 4.69) is 5.32 Å². The Kier molecular flexibility index (Phi) is 8.17. The van der Waals surface area contributed by atoms with E-state index < -0.39 is 0 Å². The Morgan fingerprint density at radius 1 is 0.742 bits per heavy atom. The number of ether oxygens (including phenoxy) is 4. The second-order valence-electron chi connectivity index (χ2n) is 6.61. The molecule has 0 aliphatic carbocycles. The van der Waals surface area contributed by atoms with Crippen molar-refractivity contribution in [2.75, 3.05) is 25.1 Å². The Labute approximate surface area is 182 Å². The molecule has 0 aliphatic heterocycles. The molecule has 0 bridgehead atoms. The van der Waals surface area contributed by atoms with Crippen LogP contribution in [0.15, 0.2) is 72.8 Å². The zero-order valence-corrected chi connectivity index (χ0v) is 17.8. The van der Waals surface area contributed by atoms with Crippen LogP contribution in [0.4, 0.5) is 5.69 Å². The summed E-state index contributed by atoms with van der Waals surface area (Å²) in [5.74, 6) is 2.26. The molecule has 3 aromatic rings. The molecule has 6 nitrogen and oxygen atoms in total. The van der Waals surface area contributed by atoms with Gasteiger partial charge in [0.05, 0.1) is 18.9 Å². The van der Waals surface area contributed by atoms with Gasteiger partial charge < -0.3 is 24.3 Å². The van der Waals surface area contributed by atoms with Gasteiger partial charge in [-0.3, -0.25) is 4.79 Å². The average molecular weight is 421 g/mol. The number of carbonyl (C=O) groups excluding carboxylic acids is 1. The smallest absolute Gasteiger partial charge is 0.262 e. The van der Waals surface area contributed by atoms with Crippen LogP contribution in [0.1, 0.15) is 19.4 Å². The van der Waals surface area contributed by atoms with E-state index in [9.17, 15) is 4.79 Å². The Morgan fingerprint density at radius 3 is 2.06 bits per heavy atom. The molecule has 0 radical (unpaired) electrons. The quantitative estimate of drug-likeness (QED) is 0.468. The highest BCUT2D eigenvalue weighted by Gasteiger charge is 2.11. The van der Waals surface area contributed by atoms with Crippen LogP contribution in [0.5, 0.6) is 23.0 Å². The molecule has 3 rings (SSSR count). The van der Waals surface area contributed by atoms with Gasteiger partial charge in [0.1, 0.15) is 29.6 Å². The first kappa shape index (κ1) is 22.0. The molecule has 0 aliphatic rings. The molecule has 0 spiro atoms. The highest BCUT2D eigenvalue weighted by Crippen LogP contribution is 2.29. The molecular weight excluding hydrogens is 394 g/mol. The molecule has 0 aromatic heterocycles. The van der Waals surface area contributed by atoms with Crippen LogP contribution in [0.25, 0.3) is 0 Å². The summed E-state index contributed by atoms with van der Waals surface area (Å²) in [6, 6.07) is 22.4. The summed E-state index contributed by atoms with van der Waals surface area (Å²) < 4.78 is 22.4. The summed E-state index contributed by atoms with van der Waals surface area (Å²) in [4.78, 5) is 12.4.